The predicted molar refractivity (Wildman–Crippen MR) is 80.0 cm³/mol. The van der Waals surface area contributed by atoms with Crippen LogP contribution in [0.2, 0.25) is 0 Å². The highest BCUT2D eigenvalue weighted by Gasteiger charge is 2.20. The molecule has 0 atom stereocenters. The molecule has 8 heteroatoms. The van der Waals surface area contributed by atoms with Crippen molar-refractivity contribution in [2.75, 3.05) is 18.8 Å². The van der Waals surface area contributed by atoms with Crippen LogP contribution in [-0.2, 0) is 4.84 Å². The Balaban J connectivity index is 2.25. The number of benzene rings is 1. The molecule has 1 aromatic carbocycles. The maximum atomic E-state index is 12.0. The summed E-state index contributed by atoms with van der Waals surface area (Å²) in [5.41, 5.74) is 6.33. The van der Waals surface area contributed by atoms with Gasteiger partial charge in [0, 0.05) is 13.1 Å². The smallest absolute Gasteiger partial charge is 0.365 e. The first-order chi connectivity index (χ1) is 10.7. The Bertz CT molecular complexity index is 650. The van der Waals surface area contributed by atoms with Crippen molar-refractivity contribution in [1.29, 1.82) is 0 Å². The van der Waals surface area contributed by atoms with Gasteiger partial charge in [-0.05, 0) is 36.3 Å². The van der Waals surface area contributed by atoms with Crippen LogP contribution in [0, 0.1) is 0 Å². The molecule has 0 spiro atoms. The van der Waals surface area contributed by atoms with E-state index in [2.05, 4.69) is 20.1 Å². The van der Waals surface area contributed by atoms with E-state index >= 15 is 0 Å². The lowest BCUT2D eigenvalue weighted by atomic mass is 10.2. The average Bonchev–Trinajstić information content (AvgIpc) is 2.98. The molecule has 0 amide bonds. The van der Waals surface area contributed by atoms with Crippen molar-refractivity contribution >= 4 is 17.6 Å². The molecule has 0 aliphatic heterocycles. The third kappa shape index (κ3) is 3.40. The Morgan fingerprint density at radius 1 is 1.27 bits per heavy atom. The van der Waals surface area contributed by atoms with Crippen LogP contribution in [0.15, 0.2) is 40.1 Å². The molecule has 0 bridgehead atoms. The summed E-state index contributed by atoms with van der Waals surface area (Å²) in [4.78, 5) is 18.8. The average molecular weight is 303 g/mol. The molecule has 0 unspecified atom stereocenters. The molecule has 8 nitrogen and oxygen atoms in total. The number of carbonyl (C=O) groups is 1. The van der Waals surface area contributed by atoms with E-state index < -0.39 is 5.97 Å². The number of oxime groups is 1. The molecule has 0 fully saturated rings. The van der Waals surface area contributed by atoms with Gasteiger partial charge in [0.15, 0.2) is 11.5 Å². The van der Waals surface area contributed by atoms with Crippen molar-refractivity contribution in [3.8, 4) is 0 Å². The topological polar surface area (TPSA) is 107 Å². The first-order valence-electron chi connectivity index (χ1n) is 6.85. The van der Waals surface area contributed by atoms with Crippen LogP contribution in [0.5, 0.6) is 0 Å². The number of carbonyl (C=O) groups excluding carboxylic acids is 1. The predicted octanol–water partition coefficient (Wildman–Crippen LogP) is 1.51. The van der Waals surface area contributed by atoms with E-state index in [-0.39, 0.29) is 11.5 Å². The first-order valence-corrected chi connectivity index (χ1v) is 6.85. The summed E-state index contributed by atoms with van der Waals surface area (Å²) in [6, 6.07) is 8.57. The molecular weight excluding hydrogens is 286 g/mol. The molecule has 22 heavy (non-hydrogen) atoms. The summed E-state index contributed by atoms with van der Waals surface area (Å²) in [5, 5.41) is 11.1. The highest BCUT2D eigenvalue weighted by atomic mass is 16.7. The van der Waals surface area contributed by atoms with E-state index in [4.69, 9.17) is 10.6 Å². The standard InChI is InChI=1S/C14H17N5O3/c1-3-19(4-2)13(11-12(15)17-22-16-11)18-21-14(20)10-8-6-5-7-9-10/h5-9H,3-4H2,1-2H3,(H2,15,17)/b18-13-. The monoisotopic (exact) mass is 303 g/mol. The van der Waals surface area contributed by atoms with E-state index in [9.17, 15) is 4.79 Å². The van der Waals surface area contributed by atoms with Crippen LogP contribution in [0.25, 0.3) is 0 Å². The molecule has 0 radical (unpaired) electrons. The van der Waals surface area contributed by atoms with Crippen molar-refractivity contribution in [1.82, 2.24) is 15.2 Å². The Morgan fingerprint density at radius 2 is 1.95 bits per heavy atom. The van der Waals surface area contributed by atoms with Gasteiger partial charge in [0.25, 0.3) is 0 Å². The molecule has 1 aromatic heterocycles. The third-order valence-electron chi connectivity index (χ3n) is 3.01. The van der Waals surface area contributed by atoms with Crippen molar-refractivity contribution < 1.29 is 14.3 Å². The van der Waals surface area contributed by atoms with Crippen LogP contribution >= 0.6 is 0 Å². The minimum atomic E-state index is -0.569. The Kier molecular flexibility index (Phi) is 5.07. The van der Waals surface area contributed by atoms with Crippen molar-refractivity contribution in [3.63, 3.8) is 0 Å². The normalized spacial score (nSPS) is 11.3. The molecule has 116 valence electrons. The quantitative estimate of drug-likeness (QED) is 0.386. The van der Waals surface area contributed by atoms with Crippen LogP contribution < -0.4 is 5.73 Å². The van der Waals surface area contributed by atoms with Gasteiger partial charge in [0.05, 0.1) is 5.56 Å². The molecular formula is C14H17N5O3. The maximum absolute atomic E-state index is 12.0. The summed E-state index contributed by atoms with van der Waals surface area (Å²) in [7, 11) is 0. The number of anilines is 1. The lowest BCUT2D eigenvalue weighted by molar-refractivity contribution is 0.0510. The van der Waals surface area contributed by atoms with Gasteiger partial charge < -0.3 is 15.5 Å². The molecule has 2 rings (SSSR count). The maximum Gasteiger partial charge on any atom is 0.365 e. The molecule has 0 aliphatic carbocycles. The molecule has 0 saturated carbocycles. The first kappa shape index (κ1) is 15.5. The summed E-state index contributed by atoms with van der Waals surface area (Å²) in [6.07, 6.45) is 0. The van der Waals surface area contributed by atoms with E-state index in [0.29, 0.717) is 24.5 Å². The zero-order valence-electron chi connectivity index (χ0n) is 12.4. The second-order valence-corrected chi connectivity index (χ2v) is 4.33. The highest BCUT2D eigenvalue weighted by molar-refractivity contribution is 6.00. The summed E-state index contributed by atoms with van der Waals surface area (Å²) >= 11 is 0. The number of nitrogens with zero attached hydrogens (tertiary/aromatic N) is 4. The van der Waals surface area contributed by atoms with Gasteiger partial charge >= 0.3 is 5.97 Å². The Hall–Kier alpha value is -2.90. The number of amidine groups is 1. The van der Waals surface area contributed by atoms with Gasteiger partial charge in [-0.15, -0.1) is 0 Å². The van der Waals surface area contributed by atoms with Gasteiger partial charge in [0.1, 0.15) is 0 Å². The summed E-state index contributed by atoms with van der Waals surface area (Å²) < 4.78 is 4.58. The van der Waals surface area contributed by atoms with Crippen LogP contribution in [0.3, 0.4) is 0 Å². The minimum Gasteiger partial charge on any atom is -0.379 e. The van der Waals surface area contributed by atoms with Gasteiger partial charge in [-0.3, -0.25) is 0 Å². The third-order valence-corrected chi connectivity index (χ3v) is 3.01. The van der Waals surface area contributed by atoms with Crippen LogP contribution in [-0.4, -0.2) is 40.1 Å². The molecule has 0 aliphatic rings. The van der Waals surface area contributed by atoms with Crippen LogP contribution in [0.4, 0.5) is 5.82 Å². The molecule has 1 heterocycles. The Morgan fingerprint density at radius 3 is 2.50 bits per heavy atom. The lowest BCUT2D eigenvalue weighted by Crippen LogP contribution is -2.32. The van der Waals surface area contributed by atoms with E-state index in [1.54, 1.807) is 24.3 Å². The van der Waals surface area contributed by atoms with Crippen molar-refractivity contribution in [3.05, 3.63) is 41.6 Å². The summed E-state index contributed by atoms with van der Waals surface area (Å²) in [6.45, 7) is 5.12. The fraction of sp³-hybridized carbons (Fsp3) is 0.286. The van der Waals surface area contributed by atoms with Crippen molar-refractivity contribution in [2.24, 2.45) is 5.16 Å². The lowest BCUT2D eigenvalue weighted by Gasteiger charge is -2.20. The van der Waals surface area contributed by atoms with Crippen molar-refractivity contribution in [2.45, 2.75) is 13.8 Å². The largest absolute Gasteiger partial charge is 0.379 e. The van der Waals surface area contributed by atoms with E-state index in [1.165, 1.54) is 0 Å². The number of nitrogen functional groups attached to an aromatic ring is 1. The van der Waals surface area contributed by atoms with Crippen LogP contribution in [0.1, 0.15) is 29.9 Å². The minimum absolute atomic E-state index is 0.0846. The number of hydrogen-bond donors (Lipinski definition) is 1. The zero-order chi connectivity index (χ0) is 15.9. The van der Waals surface area contributed by atoms with Gasteiger partial charge in [-0.2, -0.15) is 0 Å². The van der Waals surface area contributed by atoms with Gasteiger partial charge in [0.2, 0.25) is 5.84 Å². The van der Waals surface area contributed by atoms with E-state index in [1.807, 2.05) is 24.8 Å². The Labute approximate surface area is 127 Å². The number of hydrogen-bond acceptors (Lipinski definition) is 7. The second kappa shape index (κ2) is 7.21. The number of aromatic nitrogens is 2. The number of nitrogens with two attached hydrogens (primary N) is 1. The molecule has 2 aromatic rings. The fourth-order valence-electron chi connectivity index (χ4n) is 1.84. The SMILES string of the molecule is CCN(CC)/C(=N\OC(=O)c1ccccc1)c1nonc1N. The molecule has 0 saturated heterocycles. The zero-order valence-corrected chi connectivity index (χ0v) is 12.4. The molecule has 2 N–H and O–H groups in total. The van der Waals surface area contributed by atoms with Gasteiger partial charge in [-0.1, -0.05) is 23.4 Å². The fourth-order valence-corrected chi connectivity index (χ4v) is 1.84. The summed E-state index contributed by atoms with van der Waals surface area (Å²) in [5.74, 6) is -0.185. The number of rotatable bonds is 5. The highest BCUT2D eigenvalue weighted by Crippen LogP contribution is 2.11. The second-order valence-electron chi connectivity index (χ2n) is 4.33. The van der Waals surface area contributed by atoms with Gasteiger partial charge in [-0.25, -0.2) is 9.42 Å². The van der Waals surface area contributed by atoms with E-state index in [0.717, 1.165) is 0 Å².